The Kier molecular flexibility index (Phi) is 4.63. The first-order valence-electron chi connectivity index (χ1n) is 8.25. The van der Waals surface area contributed by atoms with E-state index in [0.717, 1.165) is 12.3 Å². The van der Waals surface area contributed by atoms with Crippen molar-refractivity contribution in [2.75, 3.05) is 6.26 Å². The van der Waals surface area contributed by atoms with Gasteiger partial charge in [0, 0.05) is 41.7 Å². The summed E-state index contributed by atoms with van der Waals surface area (Å²) in [6.07, 6.45) is 5.23. The monoisotopic (exact) mass is 423 g/mol. The van der Waals surface area contributed by atoms with Crippen molar-refractivity contribution in [1.82, 2.24) is 9.55 Å². The minimum atomic E-state index is -3.58. The zero-order chi connectivity index (χ0) is 20.1. The highest BCUT2D eigenvalue weighted by molar-refractivity contribution is 7.90. The van der Waals surface area contributed by atoms with Crippen LogP contribution < -0.4 is 4.74 Å². The molecule has 1 heterocycles. The maximum Gasteiger partial charge on any atom is 0.231 e. The summed E-state index contributed by atoms with van der Waals surface area (Å²) in [7, 11) is -3.58. The molecule has 4 rings (SSSR count). The van der Waals surface area contributed by atoms with Crippen molar-refractivity contribution < 1.29 is 21.9 Å². The zero-order valence-corrected chi connectivity index (χ0v) is 16.1. The van der Waals surface area contributed by atoms with E-state index >= 15 is 0 Å². The smallest absolute Gasteiger partial charge is 0.231 e. The Labute approximate surface area is 165 Å². The van der Waals surface area contributed by atoms with E-state index in [1.807, 2.05) is 0 Å². The molecule has 0 N–H and O–H groups in total. The van der Waals surface area contributed by atoms with Crippen molar-refractivity contribution in [3.05, 3.63) is 76.9 Å². The fraction of sp³-hybridized carbons (Fsp3) is 0.158. The molecule has 2 aromatic carbocycles. The van der Waals surface area contributed by atoms with E-state index < -0.39 is 27.6 Å². The molecule has 0 amide bonds. The summed E-state index contributed by atoms with van der Waals surface area (Å²) >= 11 is 5.92. The molecule has 0 saturated heterocycles. The first-order chi connectivity index (χ1) is 13.2. The second-order valence-electron chi connectivity index (χ2n) is 6.40. The standard InChI is InChI=1S/C19H14ClF2N2O3S/c1-28(25,26)19-23-6-7-24(19)12-2-4-18(16(22)10-12)27-17-5-3-13-14(17)8-11(20)9-15(13)21/h2,4-10,17H,3H2,1H3/t17-/m0/s1. The summed E-state index contributed by atoms with van der Waals surface area (Å²) in [4.78, 5) is 3.81. The SMILES string of the molecule is CS(=O)(=O)c1nccn1-c1ccc(O[C@H]2[CH]Cc3c(F)cc(Cl)cc32)c(F)c1. The summed E-state index contributed by atoms with van der Waals surface area (Å²) in [6, 6.07) is 6.90. The van der Waals surface area contributed by atoms with Gasteiger partial charge in [-0.15, -0.1) is 0 Å². The first-order valence-corrected chi connectivity index (χ1v) is 10.5. The van der Waals surface area contributed by atoms with Crippen LogP contribution in [-0.4, -0.2) is 24.2 Å². The lowest BCUT2D eigenvalue weighted by molar-refractivity contribution is 0.233. The number of imidazole rings is 1. The Hall–Kier alpha value is -2.45. The van der Waals surface area contributed by atoms with Crippen LogP contribution in [0.4, 0.5) is 8.78 Å². The molecule has 145 valence electrons. The Bertz CT molecular complexity index is 1180. The van der Waals surface area contributed by atoms with Gasteiger partial charge in [-0.05, 0) is 36.2 Å². The number of aromatic nitrogens is 2. The Morgan fingerprint density at radius 2 is 2.00 bits per heavy atom. The van der Waals surface area contributed by atoms with Gasteiger partial charge in [0.05, 0.1) is 5.69 Å². The summed E-state index contributed by atoms with van der Waals surface area (Å²) in [5.74, 6) is -1.15. The molecule has 1 radical (unpaired) electrons. The summed E-state index contributed by atoms with van der Waals surface area (Å²) in [5.41, 5.74) is 1.32. The quantitative estimate of drug-likeness (QED) is 0.634. The predicted octanol–water partition coefficient (Wildman–Crippen LogP) is 4.09. The summed E-state index contributed by atoms with van der Waals surface area (Å²) < 4.78 is 59.2. The Balaban J connectivity index is 1.64. The van der Waals surface area contributed by atoms with E-state index in [0.29, 0.717) is 17.5 Å². The minimum absolute atomic E-state index is 0.0424. The number of fused-ring (bicyclic) bond motifs is 1. The molecule has 0 saturated carbocycles. The molecule has 28 heavy (non-hydrogen) atoms. The van der Waals surface area contributed by atoms with E-state index in [2.05, 4.69) is 4.98 Å². The van der Waals surface area contributed by atoms with Crippen LogP contribution in [0.15, 0.2) is 47.9 Å². The van der Waals surface area contributed by atoms with Crippen LogP contribution >= 0.6 is 11.6 Å². The van der Waals surface area contributed by atoms with Crippen LogP contribution in [0.2, 0.25) is 5.02 Å². The molecule has 0 spiro atoms. The maximum atomic E-state index is 14.6. The number of hydrogen-bond acceptors (Lipinski definition) is 4. The largest absolute Gasteiger partial charge is 0.482 e. The molecule has 9 heteroatoms. The molecule has 5 nitrogen and oxygen atoms in total. The Morgan fingerprint density at radius 3 is 2.71 bits per heavy atom. The number of halogens is 3. The van der Waals surface area contributed by atoms with Gasteiger partial charge in [-0.3, -0.25) is 4.57 Å². The van der Waals surface area contributed by atoms with Crippen LogP contribution in [0.25, 0.3) is 5.69 Å². The van der Waals surface area contributed by atoms with Gasteiger partial charge in [-0.2, -0.15) is 0 Å². The van der Waals surface area contributed by atoms with Crippen molar-refractivity contribution in [3.63, 3.8) is 0 Å². The van der Waals surface area contributed by atoms with Gasteiger partial charge in [0.15, 0.2) is 11.6 Å². The molecule has 0 unspecified atom stereocenters. The number of nitrogens with zero attached hydrogens (tertiary/aromatic N) is 2. The molecular weight excluding hydrogens is 410 g/mol. The number of benzene rings is 2. The van der Waals surface area contributed by atoms with Gasteiger partial charge in [0.25, 0.3) is 0 Å². The molecule has 1 atom stereocenters. The topological polar surface area (TPSA) is 61.2 Å². The highest BCUT2D eigenvalue weighted by Gasteiger charge is 2.28. The van der Waals surface area contributed by atoms with E-state index in [-0.39, 0.29) is 21.6 Å². The Morgan fingerprint density at radius 1 is 1.21 bits per heavy atom. The van der Waals surface area contributed by atoms with E-state index in [9.17, 15) is 17.2 Å². The van der Waals surface area contributed by atoms with Gasteiger partial charge < -0.3 is 4.74 Å². The van der Waals surface area contributed by atoms with Crippen molar-refractivity contribution in [2.45, 2.75) is 17.7 Å². The third-order valence-electron chi connectivity index (χ3n) is 4.42. The number of ether oxygens (including phenoxy) is 1. The zero-order valence-electron chi connectivity index (χ0n) is 14.6. The van der Waals surface area contributed by atoms with Crippen LogP contribution in [0.1, 0.15) is 17.2 Å². The van der Waals surface area contributed by atoms with Crippen molar-refractivity contribution >= 4 is 21.4 Å². The number of hydrogen-bond donors (Lipinski definition) is 0. The van der Waals surface area contributed by atoms with Gasteiger partial charge in [0.1, 0.15) is 11.9 Å². The lowest BCUT2D eigenvalue weighted by Crippen LogP contribution is -2.09. The first kappa shape index (κ1) is 18.9. The molecule has 0 aliphatic heterocycles. The van der Waals surface area contributed by atoms with Crippen molar-refractivity contribution in [3.8, 4) is 11.4 Å². The van der Waals surface area contributed by atoms with Gasteiger partial charge in [0.2, 0.25) is 15.0 Å². The van der Waals surface area contributed by atoms with E-state index in [1.165, 1.54) is 35.2 Å². The third-order valence-corrected chi connectivity index (χ3v) is 5.61. The molecule has 3 aromatic rings. The summed E-state index contributed by atoms with van der Waals surface area (Å²) in [6.45, 7) is 0. The average molecular weight is 424 g/mol. The lowest BCUT2D eigenvalue weighted by Gasteiger charge is -2.16. The summed E-state index contributed by atoms with van der Waals surface area (Å²) in [5, 5.41) is 0.0492. The van der Waals surface area contributed by atoms with E-state index in [1.54, 1.807) is 12.5 Å². The second-order valence-corrected chi connectivity index (χ2v) is 8.75. The third kappa shape index (κ3) is 3.38. The number of sulfone groups is 1. The molecule has 1 aromatic heterocycles. The second kappa shape index (κ2) is 6.86. The molecular formula is C19H14ClF2N2O3S. The molecule has 0 bridgehead atoms. The van der Waals surface area contributed by atoms with Gasteiger partial charge >= 0.3 is 0 Å². The van der Waals surface area contributed by atoms with Crippen LogP contribution in [0.5, 0.6) is 5.75 Å². The van der Waals surface area contributed by atoms with Crippen LogP contribution in [0, 0.1) is 18.1 Å². The molecule has 1 aliphatic rings. The fourth-order valence-corrected chi connectivity index (χ4v) is 4.18. The van der Waals surface area contributed by atoms with Crippen LogP contribution in [-0.2, 0) is 16.3 Å². The average Bonchev–Trinajstić information content (AvgIpc) is 3.24. The van der Waals surface area contributed by atoms with E-state index in [4.69, 9.17) is 16.3 Å². The molecule has 0 fully saturated rings. The maximum absolute atomic E-state index is 14.6. The highest BCUT2D eigenvalue weighted by Crippen LogP contribution is 2.38. The van der Waals surface area contributed by atoms with Crippen molar-refractivity contribution in [1.29, 1.82) is 0 Å². The van der Waals surface area contributed by atoms with Gasteiger partial charge in [-0.25, -0.2) is 22.2 Å². The lowest BCUT2D eigenvalue weighted by atomic mass is 10.1. The minimum Gasteiger partial charge on any atom is -0.482 e. The number of rotatable bonds is 4. The van der Waals surface area contributed by atoms with Crippen LogP contribution in [0.3, 0.4) is 0 Å². The molecule has 1 aliphatic carbocycles. The fourth-order valence-electron chi connectivity index (χ4n) is 3.19. The normalized spacial score (nSPS) is 16.2. The predicted molar refractivity (Wildman–Crippen MR) is 99.4 cm³/mol. The highest BCUT2D eigenvalue weighted by atomic mass is 35.5. The van der Waals surface area contributed by atoms with Crippen molar-refractivity contribution in [2.24, 2.45) is 0 Å². The van der Waals surface area contributed by atoms with Gasteiger partial charge in [-0.1, -0.05) is 11.6 Å².